The van der Waals surface area contributed by atoms with Gasteiger partial charge in [-0.15, -0.1) is 0 Å². The molecular formula is C13H16ClN3O2S. The lowest BCUT2D eigenvalue weighted by atomic mass is 10.2. The monoisotopic (exact) mass is 313 g/mol. The van der Waals surface area contributed by atoms with Crippen LogP contribution in [0.5, 0.6) is 0 Å². The number of nitrogens with one attached hydrogen (secondary N) is 1. The van der Waals surface area contributed by atoms with Crippen LogP contribution in [0, 0.1) is 6.92 Å². The second kappa shape index (κ2) is 5.46. The SMILES string of the molecule is Cc1c(CNc2cc(S(C)(=O)=O)ccc2Cl)cnn1C. The van der Waals surface area contributed by atoms with E-state index >= 15 is 0 Å². The Kier molecular flexibility index (Phi) is 4.06. The maximum absolute atomic E-state index is 11.5. The van der Waals surface area contributed by atoms with Gasteiger partial charge in [0, 0.05) is 31.1 Å². The number of aromatic nitrogens is 2. The highest BCUT2D eigenvalue weighted by Gasteiger charge is 2.11. The predicted molar refractivity (Wildman–Crippen MR) is 79.8 cm³/mol. The minimum atomic E-state index is -3.24. The van der Waals surface area contributed by atoms with Gasteiger partial charge >= 0.3 is 0 Å². The summed E-state index contributed by atoms with van der Waals surface area (Å²) in [5, 5.41) is 7.79. The standard InChI is InChI=1S/C13H16ClN3O2S/c1-9-10(8-16-17(9)2)7-15-13-6-11(20(3,18)19)4-5-12(13)14/h4-6,8,15H,7H2,1-3H3. The summed E-state index contributed by atoms with van der Waals surface area (Å²) in [6.45, 7) is 2.51. The van der Waals surface area contributed by atoms with E-state index in [0.29, 0.717) is 17.3 Å². The number of hydrogen-bond donors (Lipinski definition) is 1. The zero-order valence-electron chi connectivity index (χ0n) is 11.5. The topological polar surface area (TPSA) is 64.0 Å². The second-order valence-corrected chi connectivity index (χ2v) is 7.07. The Bertz CT molecular complexity index is 738. The zero-order valence-corrected chi connectivity index (χ0v) is 13.1. The van der Waals surface area contributed by atoms with Crippen LogP contribution in [0.25, 0.3) is 0 Å². The van der Waals surface area contributed by atoms with Crippen molar-refractivity contribution in [1.29, 1.82) is 0 Å². The normalized spacial score (nSPS) is 11.6. The summed E-state index contributed by atoms with van der Waals surface area (Å²) in [7, 11) is -1.37. The molecule has 0 bridgehead atoms. The summed E-state index contributed by atoms with van der Waals surface area (Å²) in [4.78, 5) is 0.243. The van der Waals surface area contributed by atoms with Gasteiger partial charge in [-0.2, -0.15) is 5.10 Å². The Morgan fingerprint density at radius 3 is 2.65 bits per heavy atom. The van der Waals surface area contributed by atoms with E-state index in [1.54, 1.807) is 23.0 Å². The molecule has 1 aromatic carbocycles. The minimum absolute atomic E-state index is 0.243. The average Bonchev–Trinajstić information content (AvgIpc) is 2.68. The number of anilines is 1. The van der Waals surface area contributed by atoms with Gasteiger partial charge in [0.15, 0.2) is 9.84 Å². The molecule has 0 aliphatic carbocycles. The molecule has 20 heavy (non-hydrogen) atoms. The van der Waals surface area contributed by atoms with E-state index in [0.717, 1.165) is 11.3 Å². The van der Waals surface area contributed by atoms with Gasteiger partial charge in [-0.1, -0.05) is 11.6 Å². The Labute approximate surface area is 123 Å². The molecule has 0 saturated heterocycles. The first-order valence-corrected chi connectivity index (χ1v) is 8.27. The second-order valence-electron chi connectivity index (χ2n) is 4.65. The zero-order chi connectivity index (χ0) is 14.9. The first-order chi connectivity index (χ1) is 9.29. The number of aryl methyl sites for hydroxylation is 1. The Morgan fingerprint density at radius 1 is 1.40 bits per heavy atom. The summed E-state index contributed by atoms with van der Waals surface area (Å²) in [5.74, 6) is 0. The van der Waals surface area contributed by atoms with Gasteiger partial charge in [0.25, 0.3) is 0 Å². The third kappa shape index (κ3) is 3.13. The number of hydrogen-bond acceptors (Lipinski definition) is 4. The quantitative estimate of drug-likeness (QED) is 0.941. The largest absolute Gasteiger partial charge is 0.380 e. The molecule has 0 atom stereocenters. The van der Waals surface area contributed by atoms with Crippen molar-refractivity contribution >= 4 is 27.1 Å². The number of rotatable bonds is 4. The van der Waals surface area contributed by atoms with Crippen LogP contribution in [0.2, 0.25) is 5.02 Å². The van der Waals surface area contributed by atoms with Crippen LogP contribution in [0.4, 0.5) is 5.69 Å². The fraction of sp³-hybridized carbons (Fsp3) is 0.308. The highest BCUT2D eigenvalue weighted by molar-refractivity contribution is 7.90. The first-order valence-electron chi connectivity index (χ1n) is 6.00. The van der Waals surface area contributed by atoms with Crippen LogP contribution in [-0.2, 0) is 23.4 Å². The van der Waals surface area contributed by atoms with Crippen molar-refractivity contribution in [2.75, 3.05) is 11.6 Å². The van der Waals surface area contributed by atoms with Crippen LogP contribution in [-0.4, -0.2) is 24.5 Å². The molecule has 7 heteroatoms. The van der Waals surface area contributed by atoms with Gasteiger partial charge in [-0.3, -0.25) is 4.68 Å². The minimum Gasteiger partial charge on any atom is -0.380 e. The number of nitrogens with zero attached hydrogens (tertiary/aromatic N) is 2. The maximum Gasteiger partial charge on any atom is 0.175 e. The van der Waals surface area contributed by atoms with Gasteiger partial charge in [0.2, 0.25) is 0 Å². The molecule has 0 fully saturated rings. The molecule has 0 radical (unpaired) electrons. The molecule has 108 valence electrons. The van der Waals surface area contributed by atoms with E-state index in [2.05, 4.69) is 10.4 Å². The highest BCUT2D eigenvalue weighted by atomic mass is 35.5. The molecule has 1 heterocycles. The number of sulfone groups is 1. The summed E-state index contributed by atoms with van der Waals surface area (Å²) < 4.78 is 24.9. The van der Waals surface area contributed by atoms with E-state index in [9.17, 15) is 8.42 Å². The molecule has 2 aromatic rings. The van der Waals surface area contributed by atoms with Gasteiger partial charge in [0.1, 0.15) is 0 Å². The molecule has 0 amide bonds. The van der Waals surface area contributed by atoms with E-state index in [4.69, 9.17) is 11.6 Å². The lowest BCUT2D eigenvalue weighted by Crippen LogP contribution is -2.04. The van der Waals surface area contributed by atoms with Crippen LogP contribution in [0.15, 0.2) is 29.3 Å². The summed E-state index contributed by atoms with van der Waals surface area (Å²) >= 11 is 6.08. The molecule has 0 aliphatic heterocycles. The molecule has 0 saturated carbocycles. The molecule has 5 nitrogen and oxygen atoms in total. The third-order valence-corrected chi connectivity index (χ3v) is 4.61. The molecular weight excluding hydrogens is 298 g/mol. The van der Waals surface area contributed by atoms with Crippen LogP contribution in [0.1, 0.15) is 11.3 Å². The van der Waals surface area contributed by atoms with Gasteiger partial charge in [-0.05, 0) is 25.1 Å². The van der Waals surface area contributed by atoms with E-state index in [1.165, 1.54) is 12.3 Å². The number of halogens is 1. The highest BCUT2D eigenvalue weighted by Crippen LogP contribution is 2.26. The molecule has 0 spiro atoms. The van der Waals surface area contributed by atoms with E-state index in [-0.39, 0.29) is 4.90 Å². The van der Waals surface area contributed by atoms with Crippen molar-refractivity contribution in [1.82, 2.24) is 9.78 Å². The van der Waals surface area contributed by atoms with Crippen LogP contribution in [0.3, 0.4) is 0 Å². The molecule has 2 rings (SSSR count). The van der Waals surface area contributed by atoms with Gasteiger partial charge in [0.05, 0.1) is 21.8 Å². The molecule has 0 aliphatic rings. The van der Waals surface area contributed by atoms with Crippen molar-refractivity contribution in [2.24, 2.45) is 7.05 Å². The smallest absolute Gasteiger partial charge is 0.175 e. The van der Waals surface area contributed by atoms with Gasteiger partial charge in [-0.25, -0.2) is 8.42 Å². The van der Waals surface area contributed by atoms with Crippen molar-refractivity contribution < 1.29 is 8.42 Å². The predicted octanol–water partition coefficient (Wildman–Crippen LogP) is 2.40. The van der Waals surface area contributed by atoms with Crippen molar-refractivity contribution in [2.45, 2.75) is 18.4 Å². The summed E-state index contributed by atoms with van der Waals surface area (Å²) in [5.41, 5.74) is 2.68. The Morgan fingerprint density at radius 2 is 2.10 bits per heavy atom. The molecule has 1 N–H and O–H groups in total. The van der Waals surface area contributed by atoms with E-state index < -0.39 is 9.84 Å². The molecule has 0 unspecified atom stereocenters. The van der Waals surface area contributed by atoms with Crippen molar-refractivity contribution in [3.8, 4) is 0 Å². The molecule has 1 aromatic heterocycles. The average molecular weight is 314 g/mol. The van der Waals surface area contributed by atoms with E-state index in [1.807, 2.05) is 14.0 Å². The number of benzene rings is 1. The summed E-state index contributed by atoms with van der Waals surface area (Å²) in [6.07, 6.45) is 2.95. The fourth-order valence-electron chi connectivity index (χ4n) is 1.78. The Balaban J connectivity index is 2.23. The Hall–Kier alpha value is -1.53. The van der Waals surface area contributed by atoms with Crippen LogP contribution < -0.4 is 5.32 Å². The van der Waals surface area contributed by atoms with Gasteiger partial charge < -0.3 is 5.32 Å². The first kappa shape index (κ1) is 14.9. The van der Waals surface area contributed by atoms with Crippen molar-refractivity contribution in [3.63, 3.8) is 0 Å². The summed E-state index contributed by atoms with van der Waals surface area (Å²) in [6, 6.07) is 4.62. The fourth-order valence-corrected chi connectivity index (χ4v) is 2.61. The maximum atomic E-state index is 11.5. The lowest BCUT2D eigenvalue weighted by molar-refractivity contribution is 0.602. The lowest BCUT2D eigenvalue weighted by Gasteiger charge is -2.10. The van der Waals surface area contributed by atoms with Crippen molar-refractivity contribution in [3.05, 3.63) is 40.7 Å². The third-order valence-electron chi connectivity index (χ3n) is 3.17. The van der Waals surface area contributed by atoms with Crippen LogP contribution >= 0.6 is 11.6 Å².